The highest BCUT2D eigenvalue weighted by Crippen LogP contribution is 2.13. The fourth-order valence-electron chi connectivity index (χ4n) is 1.58. The van der Waals surface area contributed by atoms with E-state index in [0.29, 0.717) is 32.8 Å². The van der Waals surface area contributed by atoms with Gasteiger partial charge in [0.1, 0.15) is 0 Å². The zero-order chi connectivity index (χ0) is 14.7. The van der Waals surface area contributed by atoms with Crippen LogP contribution < -0.4 is 11.5 Å². The van der Waals surface area contributed by atoms with Crippen molar-refractivity contribution in [1.29, 1.82) is 0 Å². The van der Waals surface area contributed by atoms with Gasteiger partial charge in [0.15, 0.2) is 0 Å². The molecule has 0 radical (unpaired) electrons. The second kappa shape index (κ2) is 10.7. The van der Waals surface area contributed by atoms with Gasteiger partial charge >= 0.3 is 5.97 Å². The Labute approximate surface area is 113 Å². The molecule has 112 valence electrons. The topological polar surface area (TPSA) is 125 Å². The molecule has 0 saturated carbocycles. The lowest BCUT2D eigenvalue weighted by molar-refractivity contribution is -0.141. The summed E-state index contributed by atoms with van der Waals surface area (Å²) in [4.78, 5) is 21.7. The number of carbonyl (C=O) groups excluding carboxylic acids is 1. The van der Waals surface area contributed by atoms with Gasteiger partial charge in [0, 0.05) is 6.61 Å². The normalized spacial score (nSPS) is 14.0. The third-order valence-electron chi connectivity index (χ3n) is 2.56. The number of hydrogen-bond acceptors (Lipinski definition) is 5. The summed E-state index contributed by atoms with van der Waals surface area (Å²) in [6.45, 7) is 3.80. The summed E-state index contributed by atoms with van der Waals surface area (Å²) in [5.41, 5.74) is 10.5. The van der Waals surface area contributed by atoms with E-state index in [0.717, 1.165) is 6.42 Å². The number of carbonyl (C=O) groups is 2. The van der Waals surface area contributed by atoms with E-state index in [2.05, 4.69) is 0 Å². The standard InChI is InChI=1S/C12H24N2O5/c1-9(19-6-5-18-4-2-3-13)7-10(12(14)17)8-11(15)16/h9-10H,2-8,13H2,1H3,(H2,14,17)(H,15,16). The van der Waals surface area contributed by atoms with Gasteiger partial charge in [0.05, 0.1) is 31.7 Å². The first-order chi connectivity index (χ1) is 8.97. The highest BCUT2D eigenvalue weighted by Gasteiger charge is 2.21. The van der Waals surface area contributed by atoms with Crippen LogP contribution in [0.25, 0.3) is 0 Å². The number of carboxylic acid groups (broad SMARTS) is 1. The summed E-state index contributed by atoms with van der Waals surface area (Å²) in [5, 5.41) is 8.66. The van der Waals surface area contributed by atoms with Crippen molar-refractivity contribution in [3.8, 4) is 0 Å². The number of aliphatic carboxylic acids is 1. The highest BCUT2D eigenvalue weighted by atomic mass is 16.5. The van der Waals surface area contributed by atoms with Gasteiger partial charge in [0.2, 0.25) is 5.91 Å². The second-order valence-electron chi connectivity index (χ2n) is 4.37. The lowest BCUT2D eigenvalue weighted by Crippen LogP contribution is -2.29. The molecule has 0 fully saturated rings. The largest absolute Gasteiger partial charge is 0.481 e. The Morgan fingerprint density at radius 3 is 2.47 bits per heavy atom. The molecule has 5 N–H and O–H groups in total. The van der Waals surface area contributed by atoms with E-state index in [4.69, 9.17) is 26.0 Å². The summed E-state index contributed by atoms with van der Waals surface area (Å²) in [7, 11) is 0. The van der Waals surface area contributed by atoms with Gasteiger partial charge in [-0.3, -0.25) is 9.59 Å². The molecule has 2 atom stereocenters. The average molecular weight is 276 g/mol. The van der Waals surface area contributed by atoms with E-state index < -0.39 is 17.8 Å². The predicted octanol–water partition coefficient (Wildman–Crippen LogP) is -0.277. The Kier molecular flexibility index (Phi) is 10.1. The lowest BCUT2D eigenvalue weighted by Gasteiger charge is -2.17. The Balaban J connectivity index is 3.77. The number of ether oxygens (including phenoxy) is 2. The molecule has 2 unspecified atom stereocenters. The van der Waals surface area contributed by atoms with E-state index in [1.807, 2.05) is 0 Å². The molecule has 0 aliphatic heterocycles. The number of amides is 1. The molecule has 7 nitrogen and oxygen atoms in total. The van der Waals surface area contributed by atoms with Gasteiger partial charge in [-0.05, 0) is 26.3 Å². The fraction of sp³-hybridized carbons (Fsp3) is 0.833. The maximum Gasteiger partial charge on any atom is 0.304 e. The van der Waals surface area contributed by atoms with Crippen molar-refractivity contribution in [2.45, 2.75) is 32.3 Å². The van der Waals surface area contributed by atoms with Crippen molar-refractivity contribution in [2.75, 3.05) is 26.4 Å². The van der Waals surface area contributed by atoms with E-state index in [1.54, 1.807) is 6.92 Å². The van der Waals surface area contributed by atoms with Crippen LogP contribution in [-0.4, -0.2) is 49.5 Å². The molecule has 19 heavy (non-hydrogen) atoms. The molecule has 0 saturated heterocycles. The van der Waals surface area contributed by atoms with Crippen LogP contribution in [0, 0.1) is 5.92 Å². The smallest absolute Gasteiger partial charge is 0.304 e. The molecule has 0 bridgehead atoms. The van der Waals surface area contributed by atoms with Gasteiger partial charge in [-0.25, -0.2) is 0 Å². The van der Waals surface area contributed by atoms with E-state index in [9.17, 15) is 9.59 Å². The van der Waals surface area contributed by atoms with E-state index >= 15 is 0 Å². The van der Waals surface area contributed by atoms with Crippen molar-refractivity contribution < 1.29 is 24.2 Å². The molecular formula is C12H24N2O5. The second-order valence-corrected chi connectivity index (χ2v) is 4.37. The maximum atomic E-state index is 11.1. The summed E-state index contributed by atoms with van der Waals surface area (Å²) in [6.07, 6.45) is 0.591. The number of nitrogens with two attached hydrogens (primary N) is 2. The quantitative estimate of drug-likeness (QED) is 0.421. The van der Waals surface area contributed by atoms with E-state index in [1.165, 1.54) is 0 Å². The summed E-state index contributed by atoms with van der Waals surface area (Å²) < 4.78 is 10.7. The Morgan fingerprint density at radius 2 is 1.95 bits per heavy atom. The monoisotopic (exact) mass is 276 g/mol. The molecule has 0 aliphatic carbocycles. The lowest BCUT2D eigenvalue weighted by atomic mass is 9.98. The van der Waals surface area contributed by atoms with Crippen molar-refractivity contribution >= 4 is 11.9 Å². The molecular weight excluding hydrogens is 252 g/mol. The predicted molar refractivity (Wildman–Crippen MR) is 69.5 cm³/mol. The minimum Gasteiger partial charge on any atom is -0.481 e. The highest BCUT2D eigenvalue weighted by molar-refractivity contribution is 5.81. The maximum absolute atomic E-state index is 11.1. The molecule has 1 amide bonds. The first-order valence-corrected chi connectivity index (χ1v) is 6.37. The third kappa shape index (κ3) is 10.4. The molecule has 0 aromatic heterocycles. The van der Waals surface area contributed by atoms with E-state index in [-0.39, 0.29) is 12.5 Å². The molecule has 0 spiro atoms. The Morgan fingerprint density at radius 1 is 1.26 bits per heavy atom. The molecule has 0 aromatic carbocycles. The van der Waals surface area contributed by atoms with Gasteiger partial charge in [0.25, 0.3) is 0 Å². The molecule has 7 heteroatoms. The SMILES string of the molecule is CC(CC(CC(=O)O)C(N)=O)OCCOCCCN. The van der Waals surface area contributed by atoms with Crippen LogP contribution in [0.4, 0.5) is 0 Å². The summed E-state index contributed by atoms with van der Waals surface area (Å²) in [6, 6.07) is 0. The zero-order valence-corrected chi connectivity index (χ0v) is 11.3. The van der Waals surface area contributed by atoms with Crippen LogP contribution in [0.15, 0.2) is 0 Å². The fourth-order valence-corrected chi connectivity index (χ4v) is 1.58. The first kappa shape index (κ1) is 17.8. The van der Waals surface area contributed by atoms with Crippen LogP contribution in [0.3, 0.4) is 0 Å². The molecule has 0 aliphatic rings. The summed E-state index contributed by atoms with van der Waals surface area (Å²) >= 11 is 0. The summed E-state index contributed by atoms with van der Waals surface area (Å²) in [5.74, 6) is -2.36. The van der Waals surface area contributed by atoms with Gasteiger partial charge in [-0.2, -0.15) is 0 Å². The first-order valence-electron chi connectivity index (χ1n) is 6.37. The Bertz CT molecular complexity index is 273. The van der Waals surface area contributed by atoms with Crippen LogP contribution in [0.5, 0.6) is 0 Å². The number of carboxylic acids is 1. The molecule has 0 aromatic rings. The van der Waals surface area contributed by atoms with Crippen molar-refractivity contribution in [3.05, 3.63) is 0 Å². The van der Waals surface area contributed by atoms with Crippen LogP contribution in [-0.2, 0) is 19.1 Å². The van der Waals surface area contributed by atoms with Crippen molar-refractivity contribution in [2.24, 2.45) is 17.4 Å². The number of primary amides is 1. The third-order valence-corrected chi connectivity index (χ3v) is 2.56. The Hall–Kier alpha value is -1.18. The van der Waals surface area contributed by atoms with Gasteiger partial charge in [-0.15, -0.1) is 0 Å². The van der Waals surface area contributed by atoms with Gasteiger partial charge < -0.3 is 26.0 Å². The van der Waals surface area contributed by atoms with Crippen LogP contribution >= 0.6 is 0 Å². The number of rotatable bonds is 12. The van der Waals surface area contributed by atoms with Crippen LogP contribution in [0.2, 0.25) is 0 Å². The van der Waals surface area contributed by atoms with Gasteiger partial charge in [-0.1, -0.05) is 0 Å². The minimum atomic E-state index is -1.04. The van der Waals surface area contributed by atoms with Crippen molar-refractivity contribution in [1.82, 2.24) is 0 Å². The van der Waals surface area contributed by atoms with Crippen LogP contribution in [0.1, 0.15) is 26.2 Å². The molecule has 0 heterocycles. The minimum absolute atomic E-state index is 0.241. The zero-order valence-electron chi connectivity index (χ0n) is 11.3. The van der Waals surface area contributed by atoms with Crippen molar-refractivity contribution in [3.63, 3.8) is 0 Å². The number of hydrogen-bond donors (Lipinski definition) is 3. The average Bonchev–Trinajstić information content (AvgIpc) is 2.32. The molecule has 0 rings (SSSR count).